The third-order valence-corrected chi connectivity index (χ3v) is 72.9. The fourth-order valence-corrected chi connectivity index (χ4v) is 60.4. The molecule has 2 unspecified atom stereocenters. The van der Waals surface area contributed by atoms with Crippen molar-refractivity contribution in [2.24, 2.45) is 0 Å². The number of hydrogen-bond acceptors (Lipinski definition) is 0. The van der Waals surface area contributed by atoms with Crippen molar-refractivity contribution in [1.82, 2.24) is 0 Å². The van der Waals surface area contributed by atoms with Crippen molar-refractivity contribution in [3.8, 4) is 22.3 Å². The predicted octanol–water partition coefficient (Wildman–Crippen LogP) is 14.6. The van der Waals surface area contributed by atoms with Crippen LogP contribution in [0.4, 0.5) is 0 Å². The fraction of sp³-hybridized carbons (Fsp3) is 0.404. The van der Waals surface area contributed by atoms with E-state index in [4.69, 9.17) is 0 Å². The summed E-state index contributed by atoms with van der Waals surface area (Å²) in [6, 6.07) is 32.5. The van der Waals surface area contributed by atoms with E-state index in [1.54, 1.807) is 0 Å². The van der Waals surface area contributed by atoms with Crippen molar-refractivity contribution < 1.29 is 14.1 Å². The van der Waals surface area contributed by atoms with Crippen molar-refractivity contribution in [3.63, 3.8) is 0 Å². The number of benzene rings is 4. The van der Waals surface area contributed by atoms with Gasteiger partial charge in [-0.2, -0.15) is 0 Å². The van der Waals surface area contributed by atoms with Gasteiger partial charge in [-0.15, -0.1) is 0 Å². The van der Waals surface area contributed by atoms with Crippen molar-refractivity contribution in [3.05, 3.63) is 129 Å². The van der Waals surface area contributed by atoms with E-state index >= 15 is 0 Å². The number of allylic oxidation sites excluding steroid dienone is 2. The van der Waals surface area contributed by atoms with Gasteiger partial charge >= 0.3 is 317 Å². The van der Waals surface area contributed by atoms with E-state index in [0.717, 1.165) is 12.8 Å². The third-order valence-electron chi connectivity index (χ3n) is 13.7. The molecule has 0 N–H and O–H groups in total. The number of hydrogen-bond donors (Lipinski definition) is 0. The Balaban J connectivity index is 1.44. The molecule has 4 heteroatoms. The summed E-state index contributed by atoms with van der Waals surface area (Å²) < 4.78 is 0.558. The van der Waals surface area contributed by atoms with E-state index in [1.165, 1.54) is 86.0 Å². The third kappa shape index (κ3) is 5.75. The second-order valence-electron chi connectivity index (χ2n) is 18.7. The van der Waals surface area contributed by atoms with Crippen LogP contribution >= 0.6 is 17.0 Å². The molecule has 1 saturated carbocycles. The van der Waals surface area contributed by atoms with Gasteiger partial charge in [-0.25, -0.2) is 0 Å². The Kier molecular flexibility index (Phi) is 9.19. The van der Waals surface area contributed by atoms with Crippen LogP contribution < -0.4 is 0 Å². The molecule has 51 heavy (non-hydrogen) atoms. The minimum absolute atomic E-state index is 0.0899. The van der Waals surface area contributed by atoms with E-state index in [9.17, 15) is 17.0 Å². The maximum atomic E-state index is 9.26. The van der Waals surface area contributed by atoms with Gasteiger partial charge in [0.15, 0.2) is 0 Å². The summed E-state index contributed by atoms with van der Waals surface area (Å²) in [5, 5.41) is 0. The summed E-state index contributed by atoms with van der Waals surface area (Å²) in [5.74, 6) is 0. The van der Waals surface area contributed by atoms with Crippen LogP contribution in [0, 0.1) is 0 Å². The first-order valence-corrected chi connectivity index (χ1v) is 37.5. The minimum atomic E-state index is -5.53. The van der Waals surface area contributed by atoms with Crippen LogP contribution in [0.2, 0.25) is 10.2 Å². The quantitative estimate of drug-likeness (QED) is 0.170. The Bertz CT molecular complexity index is 1930. The second-order valence-corrected chi connectivity index (χ2v) is 70.8. The van der Waals surface area contributed by atoms with Gasteiger partial charge in [0.05, 0.1) is 0 Å². The molecule has 0 saturated heterocycles. The maximum absolute atomic E-state index is 9.26. The molecule has 2 atom stereocenters. The number of rotatable bonds is 6. The SMILES string of the molecule is C[SiH2][Zr]([Cl])([Cl])([CH]1CCCCC1)([CH]1C(C)=Cc2c(-c3ccc(C(C)(C)C)cc3)cccc21)[CH]1C(C)=Cc2c(-c3ccc(C(C)(C)C)cc3)cccc21. The molecule has 3 aliphatic rings. The average Bonchev–Trinajstić information content (AvgIpc) is 3.65. The topological polar surface area (TPSA) is 0 Å². The van der Waals surface area contributed by atoms with Crippen LogP contribution in [0.15, 0.2) is 96.1 Å². The van der Waals surface area contributed by atoms with E-state index in [-0.39, 0.29) is 18.1 Å². The van der Waals surface area contributed by atoms with Crippen LogP contribution in [0.1, 0.15) is 128 Å². The monoisotopic (exact) mass is 810 g/mol. The molecular formula is C47H58Cl2SiZr. The van der Waals surface area contributed by atoms with Gasteiger partial charge in [0, 0.05) is 0 Å². The Morgan fingerprint density at radius 3 is 1.31 bits per heavy atom. The van der Waals surface area contributed by atoms with Gasteiger partial charge < -0.3 is 0 Å². The Hall–Kier alpha value is -1.96. The first-order chi connectivity index (χ1) is 23.9. The summed E-state index contributed by atoms with van der Waals surface area (Å²) in [6.07, 6.45) is 11.0. The van der Waals surface area contributed by atoms with Crippen molar-refractivity contribution in [2.45, 2.75) is 116 Å². The van der Waals surface area contributed by atoms with Gasteiger partial charge in [-0.1, -0.05) is 0 Å². The molecule has 0 nitrogen and oxygen atoms in total. The predicted molar refractivity (Wildman–Crippen MR) is 227 cm³/mol. The summed E-state index contributed by atoms with van der Waals surface area (Å²) in [7, 11) is 18.5. The normalized spacial score (nSPS) is 21.2. The zero-order chi connectivity index (χ0) is 36.6. The molecular weight excluding hydrogens is 755 g/mol. The van der Waals surface area contributed by atoms with Crippen LogP contribution in [0.25, 0.3) is 34.4 Å². The molecule has 7 rings (SSSR count). The standard InChI is InChI=1S/2C20H21.C6H11.CH5Si.2ClH.Zr/c2*1-14-12-16-6-5-7-18(19(16)13-14)15-8-10-17(11-9-15)20(2,3)4;1-2-4-6-5-3-1;1-2;;;/h2*5-13H,1-4H3;1H,2-6H2;2H2,1H3;2*1H;/q;;;;;;+2/p-2. The van der Waals surface area contributed by atoms with Crippen molar-refractivity contribution in [2.75, 3.05) is 0 Å². The molecule has 1 fully saturated rings. The molecule has 0 spiro atoms. The Morgan fingerprint density at radius 1 is 0.569 bits per heavy atom. The summed E-state index contributed by atoms with van der Waals surface area (Å²) in [4.78, 5) is 0. The van der Waals surface area contributed by atoms with Crippen LogP contribution in [0.5, 0.6) is 0 Å². The number of halogens is 2. The summed E-state index contributed by atoms with van der Waals surface area (Å²) in [5.41, 5.74) is 16.3. The van der Waals surface area contributed by atoms with Crippen LogP contribution in [0.3, 0.4) is 0 Å². The van der Waals surface area contributed by atoms with Gasteiger partial charge in [0.1, 0.15) is 0 Å². The zero-order valence-electron chi connectivity index (χ0n) is 32.5. The van der Waals surface area contributed by atoms with Crippen molar-refractivity contribution >= 4 is 35.8 Å². The molecule has 0 amide bonds. The van der Waals surface area contributed by atoms with Crippen molar-refractivity contribution in [1.29, 1.82) is 0 Å². The van der Waals surface area contributed by atoms with Crippen LogP contribution in [-0.4, -0.2) is 6.65 Å². The Labute approximate surface area is 314 Å². The first-order valence-electron chi connectivity index (χ1n) is 19.6. The van der Waals surface area contributed by atoms with E-state index in [2.05, 4.69) is 159 Å². The molecule has 0 heterocycles. The average molecular weight is 813 g/mol. The van der Waals surface area contributed by atoms with E-state index < -0.39 is 20.7 Å². The molecule has 0 aliphatic heterocycles. The molecule has 3 aliphatic carbocycles. The van der Waals surface area contributed by atoms with Gasteiger partial charge in [-0.05, 0) is 0 Å². The Morgan fingerprint density at radius 2 is 0.961 bits per heavy atom. The summed E-state index contributed by atoms with van der Waals surface area (Å²) >= 11 is -5.53. The van der Waals surface area contributed by atoms with Gasteiger partial charge in [0.2, 0.25) is 0 Å². The molecule has 0 aromatic heterocycles. The molecule has 0 radical (unpaired) electrons. The second kappa shape index (κ2) is 12.5. The molecule has 0 bridgehead atoms. The first kappa shape index (κ1) is 37.4. The summed E-state index contributed by atoms with van der Waals surface area (Å²) in [6.45, 7) is 20.0. The van der Waals surface area contributed by atoms with E-state index in [1.807, 2.05) is 0 Å². The van der Waals surface area contributed by atoms with Gasteiger partial charge in [-0.3, -0.25) is 0 Å². The zero-order valence-corrected chi connectivity index (χ0v) is 37.9. The molecule has 268 valence electrons. The van der Waals surface area contributed by atoms with Crippen LogP contribution in [-0.2, 0) is 24.9 Å². The molecule has 4 aromatic carbocycles. The number of fused-ring (bicyclic) bond motifs is 2. The molecule has 4 aromatic rings. The van der Waals surface area contributed by atoms with Gasteiger partial charge in [0.25, 0.3) is 0 Å². The fourth-order valence-electron chi connectivity index (χ4n) is 11.1. The van der Waals surface area contributed by atoms with E-state index in [0.29, 0.717) is 3.63 Å².